The lowest BCUT2D eigenvalue weighted by atomic mass is 10.1. The number of benzene rings is 1. The summed E-state index contributed by atoms with van der Waals surface area (Å²) in [6.45, 7) is 2.64. The van der Waals surface area contributed by atoms with Crippen molar-refractivity contribution in [3.8, 4) is 5.75 Å². The molecule has 0 aliphatic carbocycles. The van der Waals surface area contributed by atoms with E-state index >= 15 is 0 Å². The Balaban J connectivity index is 2.31. The van der Waals surface area contributed by atoms with Gasteiger partial charge in [-0.05, 0) is 31.5 Å². The normalized spacial score (nSPS) is 23.2. The number of amides is 1. The average molecular weight is 269 g/mol. The summed E-state index contributed by atoms with van der Waals surface area (Å²) in [5, 5.41) is 0.523. The van der Waals surface area contributed by atoms with Gasteiger partial charge in [-0.3, -0.25) is 4.79 Å². The molecule has 2 atom stereocenters. The number of halogens is 1. The molecule has 1 aromatic carbocycles. The minimum Gasteiger partial charge on any atom is -0.496 e. The molecule has 2 N–H and O–H groups in total. The van der Waals surface area contributed by atoms with Crippen LogP contribution in [0.1, 0.15) is 23.7 Å². The van der Waals surface area contributed by atoms with Crippen LogP contribution < -0.4 is 10.5 Å². The zero-order valence-electron chi connectivity index (χ0n) is 10.5. The maximum absolute atomic E-state index is 12.5. The molecule has 2 rings (SSSR count). The second-order valence-corrected chi connectivity index (χ2v) is 4.97. The van der Waals surface area contributed by atoms with E-state index in [0.717, 1.165) is 6.42 Å². The van der Waals surface area contributed by atoms with Gasteiger partial charge in [0, 0.05) is 23.7 Å². The van der Waals surface area contributed by atoms with Crippen LogP contribution in [-0.2, 0) is 0 Å². The lowest BCUT2D eigenvalue weighted by Gasteiger charge is -2.24. The molecular formula is C13H17ClN2O2. The number of hydrogen-bond donors (Lipinski definition) is 1. The molecule has 98 valence electrons. The number of carbonyl (C=O) groups excluding carboxylic acids is 1. The molecule has 0 radical (unpaired) electrons. The molecule has 0 bridgehead atoms. The van der Waals surface area contributed by atoms with Crippen molar-refractivity contribution in [2.75, 3.05) is 13.7 Å². The Labute approximate surface area is 112 Å². The highest BCUT2D eigenvalue weighted by atomic mass is 35.5. The van der Waals surface area contributed by atoms with Gasteiger partial charge in [0.1, 0.15) is 5.75 Å². The lowest BCUT2D eigenvalue weighted by Crippen LogP contribution is -2.40. The fraction of sp³-hybridized carbons (Fsp3) is 0.462. The van der Waals surface area contributed by atoms with Crippen LogP contribution in [0.3, 0.4) is 0 Å². The van der Waals surface area contributed by atoms with E-state index in [1.54, 1.807) is 30.2 Å². The van der Waals surface area contributed by atoms with Crippen LogP contribution in [-0.4, -0.2) is 36.5 Å². The maximum atomic E-state index is 12.5. The number of rotatable bonds is 2. The quantitative estimate of drug-likeness (QED) is 0.891. The molecular weight excluding hydrogens is 252 g/mol. The fourth-order valence-corrected chi connectivity index (χ4v) is 2.42. The molecule has 0 aromatic heterocycles. The van der Waals surface area contributed by atoms with Crippen molar-refractivity contribution < 1.29 is 9.53 Å². The van der Waals surface area contributed by atoms with Crippen LogP contribution in [0.2, 0.25) is 5.02 Å². The van der Waals surface area contributed by atoms with Crippen molar-refractivity contribution in [1.29, 1.82) is 0 Å². The maximum Gasteiger partial charge on any atom is 0.257 e. The molecule has 1 saturated heterocycles. The van der Waals surface area contributed by atoms with Crippen molar-refractivity contribution in [2.24, 2.45) is 5.73 Å². The minimum absolute atomic E-state index is 0.0409. The third-order valence-electron chi connectivity index (χ3n) is 3.47. The summed E-state index contributed by atoms with van der Waals surface area (Å²) in [4.78, 5) is 14.2. The van der Waals surface area contributed by atoms with Crippen molar-refractivity contribution in [3.05, 3.63) is 28.8 Å². The van der Waals surface area contributed by atoms with E-state index in [2.05, 4.69) is 0 Å². The molecule has 1 heterocycles. The first-order valence-corrected chi connectivity index (χ1v) is 6.32. The van der Waals surface area contributed by atoms with Gasteiger partial charge in [-0.1, -0.05) is 11.6 Å². The molecule has 1 aromatic rings. The topological polar surface area (TPSA) is 55.6 Å². The van der Waals surface area contributed by atoms with Crippen molar-refractivity contribution in [3.63, 3.8) is 0 Å². The molecule has 1 fully saturated rings. The summed E-state index contributed by atoms with van der Waals surface area (Å²) in [6.07, 6.45) is 0.829. The molecule has 2 unspecified atom stereocenters. The van der Waals surface area contributed by atoms with Gasteiger partial charge in [0.15, 0.2) is 0 Å². The highest BCUT2D eigenvalue weighted by molar-refractivity contribution is 6.31. The molecule has 1 aliphatic heterocycles. The van der Waals surface area contributed by atoms with Crippen LogP contribution in [0.5, 0.6) is 5.75 Å². The number of nitrogens with two attached hydrogens (primary N) is 1. The number of nitrogens with zero attached hydrogens (tertiary/aromatic N) is 1. The Bertz CT molecular complexity index is 464. The van der Waals surface area contributed by atoms with Gasteiger partial charge in [-0.15, -0.1) is 0 Å². The number of hydrogen-bond acceptors (Lipinski definition) is 3. The first-order valence-electron chi connectivity index (χ1n) is 5.94. The van der Waals surface area contributed by atoms with Gasteiger partial charge in [-0.2, -0.15) is 0 Å². The predicted molar refractivity (Wildman–Crippen MR) is 71.1 cm³/mol. The Morgan fingerprint density at radius 1 is 1.56 bits per heavy atom. The summed E-state index contributed by atoms with van der Waals surface area (Å²) in [6, 6.07) is 5.13. The molecule has 5 heteroatoms. The number of methoxy groups -OCH3 is 1. The largest absolute Gasteiger partial charge is 0.496 e. The Morgan fingerprint density at radius 3 is 2.83 bits per heavy atom. The number of likely N-dealkylation sites (tertiary alicyclic amines) is 1. The average Bonchev–Trinajstić information content (AvgIpc) is 2.69. The molecule has 1 aliphatic rings. The van der Waals surface area contributed by atoms with Gasteiger partial charge in [0.2, 0.25) is 0 Å². The third kappa shape index (κ3) is 2.31. The van der Waals surface area contributed by atoms with Gasteiger partial charge in [0.25, 0.3) is 5.91 Å². The van der Waals surface area contributed by atoms with Crippen LogP contribution in [0.15, 0.2) is 18.2 Å². The smallest absolute Gasteiger partial charge is 0.257 e. The minimum atomic E-state index is -0.0743. The first-order chi connectivity index (χ1) is 8.54. The van der Waals surface area contributed by atoms with Crippen molar-refractivity contribution in [1.82, 2.24) is 4.90 Å². The van der Waals surface area contributed by atoms with E-state index in [9.17, 15) is 4.79 Å². The van der Waals surface area contributed by atoms with Gasteiger partial charge < -0.3 is 15.4 Å². The van der Waals surface area contributed by atoms with E-state index in [0.29, 0.717) is 22.9 Å². The van der Waals surface area contributed by atoms with Crippen molar-refractivity contribution >= 4 is 17.5 Å². The summed E-state index contributed by atoms with van der Waals surface area (Å²) in [5.41, 5.74) is 6.43. The summed E-state index contributed by atoms with van der Waals surface area (Å²) < 4.78 is 5.21. The zero-order valence-corrected chi connectivity index (χ0v) is 11.3. The Hall–Kier alpha value is -1.26. The van der Waals surface area contributed by atoms with Gasteiger partial charge in [0.05, 0.1) is 12.7 Å². The van der Waals surface area contributed by atoms with E-state index in [-0.39, 0.29) is 18.0 Å². The second kappa shape index (κ2) is 5.16. The van der Waals surface area contributed by atoms with Crippen LogP contribution in [0.4, 0.5) is 0 Å². The molecule has 4 nitrogen and oxygen atoms in total. The standard InChI is InChI=1S/C13H17ClN2O2/c1-8-11(15)5-6-16(8)13(17)10-7-9(14)3-4-12(10)18-2/h3-4,7-8,11H,5-6,15H2,1-2H3. The van der Waals surface area contributed by atoms with Crippen molar-refractivity contribution in [2.45, 2.75) is 25.4 Å². The van der Waals surface area contributed by atoms with E-state index < -0.39 is 0 Å². The lowest BCUT2D eigenvalue weighted by molar-refractivity contribution is 0.0739. The van der Waals surface area contributed by atoms with Gasteiger partial charge in [-0.25, -0.2) is 0 Å². The second-order valence-electron chi connectivity index (χ2n) is 4.54. The first kappa shape index (κ1) is 13.2. The number of carbonyl (C=O) groups is 1. The SMILES string of the molecule is COc1ccc(Cl)cc1C(=O)N1CCC(N)C1C. The molecule has 0 spiro atoms. The van der Waals surface area contributed by atoms with E-state index in [1.165, 1.54) is 0 Å². The van der Waals surface area contributed by atoms with Crippen LogP contribution in [0, 0.1) is 0 Å². The highest BCUT2D eigenvalue weighted by Crippen LogP contribution is 2.27. The summed E-state index contributed by atoms with van der Waals surface area (Å²) in [7, 11) is 1.54. The predicted octanol–water partition coefficient (Wildman–Crippen LogP) is 1.91. The van der Waals surface area contributed by atoms with Crippen LogP contribution in [0.25, 0.3) is 0 Å². The summed E-state index contributed by atoms with van der Waals surface area (Å²) >= 11 is 5.94. The third-order valence-corrected chi connectivity index (χ3v) is 3.70. The Morgan fingerprint density at radius 2 is 2.28 bits per heavy atom. The molecule has 1 amide bonds. The van der Waals surface area contributed by atoms with Crippen LogP contribution >= 0.6 is 11.6 Å². The van der Waals surface area contributed by atoms with E-state index in [4.69, 9.17) is 22.1 Å². The molecule has 18 heavy (non-hydrogen) atoms. The summed E-state index contributed by atoms with van der Waals surface area (Å²) in [5.74, 6) is 0.465. The zero-order chi connectivity index (χ0) is 13.3. The molecule has 0 saturated carbocycles. The monoisotopic (exact) mass is 268 g/mol. The highest BCUT2D eigenvalue weighted by Gasteiger charge is 2.33. The Kier molecular flexibility index (Phi) is 3.78. The van der Waals surface area contributed by atoms with Gasteiger partial charge >= 0.3 is 0 Å². The van der Waals surface area contributed by atoms with E-state index in [1.807, 2.05) is 6.92 Å². The number of ether oxygens (including phenoxy) is 1. The fourth-order valence-electron chi connectivity index (χ4n) is 2.25.